The van der Waals surface area contributed by atoms with E-state index in [2.05, 4.69) is 10.3 Å². The molecule has 0 spiro atoms. The Morgan fingerprint density at radius 2 is 1.96 bits per heavy atom. The Morgan fingerprint density at radius 3 is 2.74 bits per heavy atom. The fourth-order valence-corrected chi connectivity index (χ4v) is 2.01. The number of fused-ring (bicyclic) bond motifs is 1. The van der Waals surface area contributed by atoms with Gasteiger partial charge in [-0.05, 0) is 17.7 Å². The number of pyridine rings is 1. The van der Waals surface area contributed by atoms with E-state index in [1.165, 1.54) is 18.3 Å². The first kappa shape index (κ1) is 14.6. The molecule has 116 valence electrons. The summed E-state index contributed by atoms with van der Waals surface area (Å²) in [5, 5.41) is 2.44. The molecule has 0 aliphatic rings. The zero-order chi connectivity index (χ0) is 16.2. The number of benzene rings is 1. The van der Waals surface area contributed by atoms with Crippen LogP contribution in [0.3, 0.4) is 0 Å². The van der Waals surface area contributed by atoms with E-state index in [4.69, 9.17) is 9.15 Å². The number of nitrogens with one attached hydrogen (secondary N) is 2. The number of hydrogen-bond acceptors (Lipinski definition) is 5. The summed E-state index contributed by atoms with van der Waals surface area (Å²) in [6, 6.07) is 11.8. The molecular formula is C16H12N2O5. The average molecular weight is 312 g/mol. The SMILES string of the molecule is O=C(Nc1cc2c(=O)[nH]ccc2oc1=O)OCc1ccccc1. The standard InChI is InChI=1S/C16H12N2O5/c19-14-11-8-12(15(20)23-13(11)6-7-17-14)18-16(21)22-9-10-4-2-1-3-5-10/h1-8H,9H2,(H,17,19)(H,18,21). The van der Waals surface area contributed by atoms with Crippen LogP contribution in [-0.2, 0) is 11.3 Å². The van der Waals surface area contributed by atoms with Gasteiger partial charge in [0.05, 0.1) is 5.39 Å². The number of carbonyl (C=O) groups excluding carboxylic acids is 1. The summed E-state index contributed by atoms with van der Waals surface area (Å²) in [6.45, 7) is 0.0617. The summed E-state index contributed by atoms with van der Waals surface area (Å²) in [4.78, 5) is 37.7. The Labute approximate surface area is 129 Å². The van der Waals surface area contributed by atoms with Crippen LogP contribution in [-0.4, -0.2) is 11.1 Å². The third-order valence-corrected chi connectivity index (χ3v) is 3.12. The third-order valence-electron chi connectivity index (χ3n) is 3.12. The van der Waals surface area contributed by atoms with E-state index in [9.17, 15) is 14.4 Å². The van der Waals surface area contributed by atoms with Crippen LogP contribution < -0.4 is 16.5 Å². The lowest BCUT2D eigenvalue weighted by molar-refractivity contribution is 0.155. The van der Waals surface area contributed by atoms with E-state index in [1.54, 1.807) is 12.1 Å². The molecule has 0 aliphatic carbocycles. The van der Waals surface area contributed by atoms with Gasteiger partial charge in [0.15, 0.2) is 0 Å². The van der Waals surface area contributed by atoms with Gasteiger partial charge in [-0.3, -0.25) is 10.1 Å². The maximum atomic E-state index is 11.8. The highest BCUT2D eigenvalue weighted by Gasteiger charge is 2.11. The first-order valence-electron chi connectivity index (χ1n) is 6.77. The minimum atomic E-state index is -0.812. The van der Waals surface area contributed by atoms with Crippen LogP contribution in [0.4, 0.5) is 10.5 Å². The number of ether oxygens (including phenoxy) is 1. The van der Waals surface area contributed by atoms with Gasteiger partial charge in [-0.1, -0.05) is 30.3 Å². The number of hydrogen-bond donors (Lipinski definition) is 2. The highest BCUT2D eigenvalue weighted by molar-refractivity contribution is 5.87. The molecule has 0 bridgehead atoms. The first-order chi connectivity index (χ1) is 11.1. The normalized spacial score (nSPS) is 10.4. The molecule has 23 heavy (non-hydrogen) atoms. The quantitative estimate of drug-likeness (QED) is 0.772. The summed E-state index contributed by atoms with van der Waals surface area (Å²) >= 11 is 0. The molecule has 3 rings (SSSR count). The zero-order valence-electron chi connectivity index (χ0n) is 11.9. The smallest absolute Gasteiger partial charge is 0.412 e. The van der Waals surface area contributed by atoms with E-state index < -0.39 is 17.3 Å². The molecule has 0 saturated heterocycles. The van der Waals surface area contributed by atoms with Gasteiger partial charge in [0.1, 0.15) is 17.9 Å². The van der Waals surface area contributed by atoms with Crippen LogP contribution in [0.25, 0.3) is 11.0 Å². The third kappa shape index (κ3) is 3.29. The highest BCUT2D eigenvalue weighted by Crippen LogP contribution is 2.11. The molecular weight excluding hydrogens is 300 g/mol. The minimum Gasteiger partial charge on any atom is -0.444 e. The van der Waals surface area contributed by atoms with Crippen LogP contribution >= 0.6 is 0 Å². The molecule has 3 aromatic rings. The van der Waals surface area contributed by atoms with E-state index in [1.807, 2.05) is 18.2 Å². The van der Waals surface area contributed by atoms with E-state index in [0.29, 0.717) is 0 Å². The van der Waals surface area contributed by atoms with E-state index >= 15 is 0 Å². The van der Waals surface area contributed by atoms with Crippen LogP contribution in [0, 0.1) is 0 Å². The second kappa shape index (κ2) is 6.18. The van der Waals surface area contributed by atoms with Gasteiger partial charge in [0, 0.05) is 6.20 Å². The molecule has 2 aromatic heterocycles. The largest absolute Gasteiger partial charge is 0.444 e. The number of rotatable bonds is 3. The van der Waals surface area contributed by atoms with Gasteiger partial charge in [-0.15, -0.1) is 0 Å². The fourth-order valence-electron chi connectivity index (χ4n) is 2.01. The lowest BCUT2D eigenvalue weighted by Gasteiger charge is -2.06. The number of amides is 1. The van der Waals surface area contributed by atoms with E-state index in [-0.39, 0.29) is 23.3 Å². The topological polar surface area (TPSA) is 101 Å². The van der Waals surface area contributed by atoms with Gasteiger partial charge >= 0.3 is 11.7 Å². The second-order valence-electron chi connectivity index (χ2n) is 4.72. The molecule has 0 fully saturated rings. The fraction of sp³-hybridized carbons (Fsp3) is 0.0625. The molecule has 0 atom stereocenters. The van der Waals surface area contributed by atoms with Crippen molar-refractivity contribution in [3.05, 3.63) is 75.0 Å². The molecule has 2 heterocycles. The van der Waals surface area contributed by atoms with Crippen molar-refractivity contribution in [3.63, 3.8) is 0 Å². The maximum Gasteiger partial charge on any atom is 0.412 e. The van der Waals surface area contributed by atoms with Gasteiger partial charge in [0.2, 0.25) is 0 Å². The summed E-state index contributed by atoms with van der Waals surface area (Å²) in [5.41, 5.74) is -0.398. The van der Waals surface area contributed by atoms with Crippen LogP contribution in [0.15, 0.2) is 62.7 Å². The Morgan fingerprint density at radius 1 is 1.17 bits per heavy atom. The second-order valence-corrected chi connectivity index (χ2v) is 4.72. The Hall–Kier alpha value is -3.35. The first-order valence-corrected chi connectivity index (χ1v) is 6.77. The minimum absolute atomic E-state index is 0.0617. The summed E-state index contributed by atoms with van der Waals surface area (Å²) in [6.07, 6.45) is 0.558. The zero-order valence-corrected chi connectivity index (χ0v) is 11.9. The number of H-pyrrole nitrogens is 1. The van der Waals surface area contributed by atoms with E-state index in [0.717, 1.165) is 5.56 Å². The van der Waals surface area contributed by atoms with Crippen molar-refractivity contribution in [2.75, 3.05) is 5.32 Å². The van der Waals surface area contributed by atoms with Gasteiger partial charge in [-0.2, -0.15) is 0 Å². The average Bonchev–Trinajstić information content (AvgIpc) is 2.55. The molecule has 0 unspecified atom stereocenters. The van der Waals surface area contributed by atoms with Gasteiger partial charge in [-0.25, -0.2) is 9.59 Å². The molecule has 1 aromatic carbocycles. The van der Waals surface area contributed by atoms with Crippen molar-refractivity contribution in [1.29, 1.82) is 0 Å². The van der Waals surface area contributed by atoms with Crippen molar-refractivity contribution >= 4 is 22.7 Å². The Bertz CT molecular complexity index is 959. The molecule has 0 radical (unpaired) electrons. The molecule has 0 saturated carbocycles. The molecule has 1 amide bonds. The van der Waals surface area contributed by atoms with Crippen molar-refractivity contribution in [3.8, 4) is 0 Å². The Kier molecular flexibility index (Phi) is 3.92. The number of carbonyl (C=O) groups is 1. The summed E-state index contributed by atoms with van der Waals surface area (Å²) in [5.74, 6) is 0. The maximum absolute atomic E-state index is 11.8. The molecule has 2 N–H and O–H groups in total. The number of anilines is 1. The highest BCUT2D eigenvalue weighted by atomic mass is 16.5. The summed E-state index contributed by atoms with van der Waals surface area (Å²) in [7, 11) is 0. The van der Waals surface area contributed by atoms with Gasteiger partial charge in [0.25, 0.3) is 5.56 Å². The van der Waals surface area contributed by atoms with Crippen LogP contribution in [0.1, 0.15) is 5.56 Å². The number of aromatic nitrogens is 1. The van der Waals surface area contributed by atoms with Crippen LogP contribution in [0.5, 0.6) is 0 Å². The lowest BCUT2D eigenvalue weighted by atomic mass is 10.2. The van der Waals surface area contributed by atoms with Crippen molar-refractivity contribution in [2.24, 2.45) is 0 Å². The molecule has 0 aliphatic heterocycles. The van der Waals surface area contributed by atoms with Crippen molar-refractivity contribution in [2.45, 2.75) is 6.61 Å². The Balaban J connectivity index is 1.77. The summed E-state index contributed by atoms with van der Waals surface area (Å²) < 4.78 is 10.0. The lowest BCUT2D eigenvalue weighted by Crippen LogP contribution is -2.19. The predicted octanol–water partition coefficient (Wildman–Crippen LogP) is 2.23. The van der Waals surface area contributed by atoms with Crippen LogP contribution in [0.2, 0.25) is 0 Å². The van der Waals surface area contributed by atoms with Crippen molar-refractivity contribution in [1.82, 2.24) is 4.98 Å². The van der Waals surface area contributed by atoms with Gasteiger partial charge < -0.3 is 14.1 Å². The van der Waals surface area contributed by atoms with Crippen molar-refractivity contribution < 1.29 is 13.9 Å². The monoisotopic (exact) mass is 312 g/mol. The predicted molar refractivity (Wildman–Crippen MR) is 83.4 cm³/mol. The number of aromatic amines is 1. The molecule has 7 heteroatoms. The molecule has 7 nitrogen and oxygen atoms in total.